The lowest BCUT2D eigenvalue weighted by Crippen LogP contribution is -2.23. The number of hydrogen-bond donors (Lipinski definition) is 1. The molecule has 0 fully saturated rings. The first-order chi connectivity index (χ1) is 8.24. The van der Waals surface area contributed by atoms with Gasteiger partial charge in [-0.2, -0.15) is 0 Å². The van der Waals surface area contributed by atoms with E-state index in [1.54, 1.807) is 26.4 Å². The third kappa shape index (κ3) is 2.58. The minimum atomic E-state index is 0.0151. The zero-order valence-electron chi connectivity index (χ0n) is 9.90. The first-order valence-electron chi connectivity index (χ1n) is 5.37. The molecule has 0 bridgehead atoms. The minimum absolute atomic E-state index is 0.0151. The number of nitrogens with zero attached hydrogens (tertiary/aromatic N) is 1. The predicted molar refractivity (Wildman–Crippen MR) is 62.9 cm³/mol. The van der Waals surface area contributed by atoms with E-state index in [-0.39, 0.29) is 5.75 Å². The van der Waals surface area contributed by atoms with Crippen LogP contribution in [-0.4, -0.2) is 31.0 Å². The SMILES string of the molecule is CON(CCc1c[nH]c2cc([O])ccc12)OC. The Morgan fingerprint density at radius 1 is 1.29 bits per heavy atom. The van der Waals surface area contributed by atoms with Gasteiger partial charge in [0.2, 0.25) is 0 Å². The van der Waals surface area contributed by atoms with Gasteiger partial charge in [-0.15, -0.1) is 0 Å². The summed E-state index contributed by atoms with van der Waals surface area (Å²) >= 11 is 0. The Balaban J connectivity index is 2.14. The number of aromatic amines is 1. The summed E-state index contributed by atoms with van der Waals surface area (Å²) in [6, 6.07) is 5.01. The largest absolute Gasteiger partial charge is 0.361 e. The second-order valence-electron chi connectivity index (χ2n) is 3.69. The predicted octanol–water partition coefficient (Wildman–Crippen LogP) is 2.28. The van der Waals surface area contributed by atoms with Gasteiger partial charge in [-0.25, -0.2) is 0 Å². The summed E-state index contributed by atoms with van der Waals surface area (Å²) in [4.78, 5) is 13.0. The van der Waals surface area contributed by atoms with Crippen LogP contribution in [0.2, 0.25) is 0 Å². The Bertz CT molecular complexity index is 491. The minimum Gasteiger partial charge on any atom is -0.361 e. The van der Waals surface area contributed by atoms with E-state index in [4.69, 9.17) is 9.68 Å². The quantitative estimate of drug-likeness (QED) is 0.809. The average Bonchev–Trinajstić information content (AvgIpc) is 2.73. The molecule has 0 unspecified atom stereocenters. The van der Waals surface area contributed by atoms with Crippen LogP contribution in [0.3, 0.4) is 0 Å². The molecule has 5 heteroatoms. The van der Waals surface area contributed by atoms with E-state index in [0.29, 0.717) is 6.54 Å². The maximum atomic E-state index is 11.2. The van der Waals surface area contributed by atoms with Gasteiger partial charge in [-0.3, -0.25) is 14.8 Å². The molecular weight excluding hydrogens is 220 g/mol. The van der Waals surface area contributed by atoms with Crippen LogP contribution in [0.25, 0.3) is 10.9 Å². The Hall–Kier alpha value is -1.56. The van der Waals surface area contributed by atoms with E-state index in [0.717, 1.165) is 22.9 Å². The molecule has 1 heterocycles. The van der Waals surface area contributed by atoms with E-state index >= 15 is 0 Å². The fraction of sp³-hybridized carbons (Fsp3) is 0.333. The molecule has 0 atom stereocenters. The topological polar surface area (TPSA) is 57.4 Å². The maximum Gasteiger partial charge on any atom is 0.180 e. The fourth-order valence-electron chi connectivity index (χ4n) is 1.84. The highest BCUT2D eigenvalue weighted by atomic mass is 16.9. The Morgan fingerprint density at radius 3 is 2.76 bits per heavy atom. The van der Waals surface area contributed by atoms with Crippen molar-refractivity contribution in [2.24, 2.45) is 0 Å². The Kier molecular flexibility index (Phi) is 3.63. The molecule has 0 saturated carbocycles. The molecule has 0 aliphatic rings. The lowest BCUT2D eigenvalue weighted by molar-refractivity contribution is -0.341. The number of aromatic nitrogens is 1. The molecule has 2 aromatic rings. The first-order valence-corrected chi connectivity index (χ1v) is 5.37. The number of rotatable bonds is 5. The zero-order chi connectivity index (χ0) is 12.3. The van der Waals surface area contributed by atoms with Crippen molar-refractivity contribution in [1.82, 2.24) is 10.2 Å². The summed E-state index contributed by atoms with van der Waals surface area (Å²) in [6.07, 6.45) is 2.69. The normalized spacial score (nSPS) is 11.5. The van der Waals surface area contributed by atoms with Crippen LogP contribution in [0.1, 0.15) is 5.56 Å². The summed E-state index contributed by atoms with van der Waals surface area (Å²) in [5.41, 5.74) is 2.01. The summed E-state index contributed by atoms with van der Waals surface area (Å²) in [7, 11) is 3.12. The molecule has 1 aromatic carbocycles. The van der Waals surface area contributed by atoms with Gasteiger partial charge < -0.3 is 4.98 Å². The number of benzene rings is 1. The van der Waals surface area contributed by atoms with E-state index in [1.165, 1.54) is 5.23 Å². The van der Waals surface area contributed by atoms with Gasteiger partial charge in [0.05, 0.1) is 20.8 Å². The van der Waals surface area contributed by atoms with Crippen molar-refractivity contribution in [3.8, 4) is 5.75 Å². The molecule has 0 spiro atoms. The smallest absolute Gasteiger partial charge is 0.180 e. The lowest BCUT2D eigenvalue weighted by Gasteiger charge is -2.15. The Labute approximate surface area is 99.5 Å². The van der Waals surface area contributed by atoms with Crippen molar-refractivity contribution in [3.63, 3.8) is 0 Å². The van der Waals surface area contributed by atoms with Crippen LogP contribution in [0.5, 0.6) is 5.75 Å². The van der Waals surface area contributed by atoms with Crippen molar-refractivity contribution in [3.05, 3.63) is 30.0 Å². The molecule has 91 valence electrons. The monoisotopic (exact) mass is 235 g/mol. The summed E-state index contributed by atoms with van der Waals surface area (Å²) < 4.78 is 0. The van der Waals surface area contributed by atoms with E-state index in [9.17, 15) is 5.11 Å². The van der Waals surface area contributed by atoms with E-state index < -0.39 is 0 Å². The molecule has 1 aromatic heterocycles. The highest BCUT2D eigenvalue weighted by Gasteiger charge is 2.07. The number of fused-ring (bicyclic) bond motifs is 1. The van der Waals surface area contributed by atoms with Crippen LogP contribution in [0.15, 0.2) is 24.4 Å². The van der Waals surface area contributed by atoms with Gasteiger partial charge in [0.25, 0.3) is 0 Å². The Morgan fingerprint density at radius 2 is 2.06 bits per heavy atom. The third-order valence-electron chi connectivity index (χ3n) is 2.71. The number of H-pyrrole nitrogens is 1. The highest BCUT2D eigenvalue weighted by Crippen LogP contribution is 2.23. The molecule has 0 aliphatic carbocycles. The van der Waals surface area contributed by atoms with E-state index in [2.05, 4.69) is 4.98 Å². The number of hydroxylamine groups is 2. The molecule has 0 saturated heterocycles. The second kappa shape index (κ2) is 5.18. The van der Waals surface area contributed by atoms with Crippen LogP contribution in [0, 0.1) is 0 Å². The van der Waals surface area contributed by atoms with Crippen LogP contribution in [0.4, 0.5) is 0 Å². The van der Waals surface area contributed by atoms with Crippen molar-refractivity contribution >= 4 is 10.9 Å². The van der Waals surface area contributed by atoms with E-state index in [1.807, 2.05) is 12.3 Å². The molecule has 2 rings (SSSR count). The molecular formula is C12H15N2O3. The van der Waals surface area contributed by atoms with Crippen LogP contribution in [-0.2, 0) is 21.2 Å². The molecule has 0 amide bonds. The third-order valence-corrected chi connectivity index (χ3v) is 2.71. The van der Waals surface area contributed by atoms with Crippen LogP contribution >= 0.6 is 0 Å². The van der Waals surface area contributed by atoms with Gasteiger partial charge in [0.15, 0.2) is 5.75 Å². The first kappa shape index (κ1) is 11.9. The highest BCUT2D eigenvalue weighted by molar-refractivity contribution is 5.84. The van der Waals surface area contributed by atoms with Gasteiger partial charge in [-0.1, -0.05) is 5.23 Å². The number of hydrogen-bond acceptors (Lipinski definition) is 3. The average molecular weight is 235 g/mol. The van der Waals surface area contributed by atoms with Crippen molar-refractivity contribution < 1.29 is 14.8 Å². The molecule has 5 nitrogen and oxygen atoms in total. The molecule has 1 radical (unpaired) electrons. The molecule has 0 aliphatic heterocycles. The standard InChI is InChI=1S/C12H15N2O3/c1-16-14(17-2)6-5-9-8-13-12-7-10(15)3-4-11(9)12/h3-4,7-8,13H,5-6H2,1-2H3. The second-order valence-corrected chi connectivity index (χ2v) is 3.69. The van der Waals surface area contributed by atoms with Crippen molar-refractivity contribution in [2.75, 3.05) is 20.8 Å². The maximum absolute atomic E-state index is 11.2. The van der Waals surface area contributed by atoms with Crippen molar-refractivity contribution in [1.29, 1.82) is 0 Å². The fourth-order valence-corrected chi connectivity index (χ4v) is 1.84. The summed E-state index contributed by atoms with van der Waals surface area (Å²) in [5.74, 6) is 0.0151. The lowest BCUT2D eigenvalue weighted by atomic mass is 10.1. The molecule has 1 N–H and O–H groups in total. The summed E-state index contributed by atoms with van der Waals surface area (Å²) in [5, 5.41) is 13.7. The number of nitrogens with one attached hydrogen (secondary N) is 1. The van der Waals surface area contributed by atoms with Crippen molar-refractivity contribution in [2.45, 2.75) is 6.42 Å². The van der Waals surface area contributed by atoms with Gasteiger partial charge in [0.1, 0.15) is 0 Å². The summed E-state index contributed by atoms with van der Waals surface area (Å²) in [6.45, 7) is 0.624. The molecule has 17 heavy (non-hydrogen) atoms. The van der Waals surface area contributed by atoms with Gasteiger partial charge in [-0.05, 0) is 24.1 Å². The zero-order valence-corrected chi connectivity index (χ0v) is 9.90. The van der Waals surface area contributed by atoms with Gasteiger partial charge >= 0.3 is 0 Å². The van der Waals surface area contributed by atoms with Crippen LogP contribution < -0.4 is 0 Å². The van der Waals surface area contributed by atoms with Gasteiger partial charge in [0, 0.05) is 23.2 Å².